The van der Waals surface area contributed by atoms with Crippen LogP contribution in [-0.4, -0.2) is 23.5 Å². The van der Waals surface area contributed by atoms with Crippen molar-refractivity contribution in [2.24, 2.45) is 0 Å². The summed E-state index contributed by atoms with van der Waals surface area (Å²) in [5, 5.41) is 2.94. The van der Waals surface area contributed by atoms with Crippen molar-refractivity contribution in [1.29, 1.82) is 0 Å². The first-order chi connectivity index (χ1) is 9.68. The third-order valence-corrected chi connectivity index (χ3v) is 3.67. The van der Waals surface area contributed by atoms with Crippen molar-refractivity contribution in [2.45, 2.75) is 45.8 Å². The number of nitrogens with two attached hydrogens (primary N) is 1. The van der Waals surface area contributed by atoms with Gasteiger partial charge in [0.05, 0.1) is 16.3 Å². The van der Waals surface area contributed by atoms with Crippen LogP contribution < -0.4 is 11.1 Å². The molecule has 0 spiro atoms. The molecule has 0 aromatic heterocycles. The maximum Gasteiger partial charge on any atom is 0.340 e. The quantitative estimate of drug-likeness (QED) is 0.647. The summed E-state index contributed by atoms with van der Waals surface area (Å²) >= 11 is 5.95. The molecule has 0 bridgehead atoms. The lowest BCUT2D eigenvalue weighted by Gasteiger charge is -2.26. The zero-order valence-electron chi connectivity index (χ0n) is 12.7. The Bertz CT molecular complexity index is 544. The topological polar surface area (TPSA) is 81.4 Å². The maximum absolute atomic E-state index is 12.0. The summed E-state index contributed by atoms with van der Waals surface area (Å²) in [7, 11) is 0. The van der Waals surface area contributed by atoms with E-state index >= 15 is 0 Å². The van der Waals surface area contributed by atoms with Gasteiger partial charge in [-0.05, 0) is 39.3 Å². The maximum atomic E-state index is 12.0. The normalized spacial score (nSPS) is 12.6. The Morgan fingerprint density at radius 1 is 1.43 bits per heavy atom. The monoisotopic (exact) mass is 312 g/mol. The molecular weight excluding hydrogens is 292 g/mol. The van der Waals surface area contributed by atoms with Gasteiger partial charge in [-0.2, -0.15) is 0 Å². The van der Waals surface area contributed by atoms with E-state index in [0.29, 0.717) is 0 Å². The van der Waals surface area contributed by atoms with Gasteiger partial charge in [0.15, 0.2) is 6.10 Å². The molecule has 6 heteroatoms. The summed E-state index contributed by atoms with van der Waals surface area (Å²) in [6.45, 7) is 7.27. The van der Waals surface area contributed by atoms with Crippen LogP contribution >= 0.6 is 11.6 Å². The summed E-state index contributed by atoms with van der Waals surface area (Å²) in [5.41, 5.74) is 5.71. The van der Waals surface area contributed by atoms with Crippen molar-refractivity contribution in [3.63, 3.8) is 0 Å². The van der Waals surface area contributed by atoms with E-state index in [4.69, 9.17) is 22.1 Å². The largest absolute Gasteiger partial charge is 0.449 e. The van der Waals surface area contributed by atoms with Gasteiger partial charge in [-0.1, -0.05) is 24.6 Å². The van der Waals surface area contributed by atoms with E-state index in [0.717, 1.165) is 6.42 Å². The SMILES string of the molecule is CCC(C)(C)NC(=O)C(C)OC(=O)c1cccc(N)c1Cl. The molecule has 0 heterocycles. The Labute approximate surface area is 129 Å². The van der Waals surface area contributed by atoms with Crippen molar-refractivity contribution in [3.8, 4) is 0 Å². The zero-order valence-corrected chi connectivity index (χ0v) is 13.5. The number of hydrogen-bond acceptors (Lipinski definition) is 4. The van der Waals surface area contributed by atoms with Gasteiger partial charge in [0.25, 0.3) is 5.91 Å². The fourth-order valence-corrected chi connectivity index (χ4v) is 1.71. The van der Waals surface area contributed by atoms with Crippen LogP contribution in [0.3, 0.4) is 0 Å². The van der Waals surface area contributed by atoms with E-state index in [1.165, 1.54) is 13.0 Å². The Morgan fingerprint density at radius 3 is 2.62 bits per heavy atom. The fourth-order valence-electron chi connectivity index (χ4n) is 1.51. The van der Waals surface area contributed by atoms with Crippen LogP contribution in [0.5, 0.6) is 0 Å². The number of hydrogen-bond donors (Lipinski definition) is 2. The van der Waals surface area contributed by atoms with Crippen LogP contribution in [0.1, 0.15) is 44.5 Å². The first kappa shape index (κ1) is 17.3. The summed E-state index contributed by atoms with van der Waals surface area (Å²) < 4.78 is 5.13. The van der Waals surface area contributed by atoms with Crippen LogP contribution in [0.25, 0.3) is 0 Å². The molecule has 0 radical (unpaired) electrons. The van der Waals surface area contributed by atoms with Gasteiger partial charge in [0, 0.05) is 5.54 Å². The first-order valence-corrected chi connectivity index (χ1v) is 7.12. The van der Waals surface area contributed by atoms with Gasteiger partial charge in [0.2, 0.25) is 0 Å². The van der Waals surface area contributed by atoms with E-state index < -0.39 is 12.1 Å². The molecule has 1 rings (SSSR count). The molecule has 5 nitrogen and oxygen atoms in total. The molecule has 1 amide bonds. The Balaban J connectivity index is 2.74. The highest BCUT2D eigenvalue weighted by molar-refractivity contribution is 6.36. The number of amides is 1. The van der Waals surface area contributed by atoms with Gasteiger partial charge in [-0.25, -0.2) is 4.79 Å². The van der Waals surface area contributed by atoms with E-state index in [-0.39, 0.29) is 27.7 Å². The minimum Gasteiger partial charge on any atom is -0.449 e. The Hall–Kier alpha value is -1.75. The number of carbonyl (C=O) groups is 2. The summed E-state index contributed by atoms with van der Waals surface area (Å²) in [6, 6.07) is 4.68. The summed E-state index contributed by atoms with van der Waals surface area (Å²) in [6.07, 6.45) is -0.152. The lowest BCUT2D eigenvalue weighted by Crippen LogP contribution is -2.47. The molecule has 0 fully saturated rings. The lowest BCUT2D eigenvalue weighted by molar-refractivity contribution is -0.130. The van der Waals surface area contributed by atoms with E-state index in [1.54, 1.807) is 12.1 Å². The van der Waals surface area contributed by atoms with Crippen LogP contribution in [-0.2, 0) is 9.53 Å². The Kier molecular flexibility index (Phi) is 5.61. The third kappa shape index (κ3) is 4.63. The number of ether oxygens (including phenoxy) is 1. The Morgan fingerprint density at radius 2 is 2.05 bits per heavy atom. The number of benzene rings is 1. The fraction of sp³-hybridized carbons (Fsp3) is 0.467. The third-order valence-electron chi connectivity index (χ3n) is 3.25. The van der Waals surface area contributed by atoms with Crippen molar-refractivity contribution in [1.82, 2.24) is 5.32 Å². The standard InChI is InChI=1S/C15H21ClN2O3/c1-5-15(3,4)18-13(19)9(2)21-14(20)10-7-6-8-11(17)12(10)16/h6-9H,5,17H2,1-4H3,(H,18,19). The van der Waals surface area contributed by atoms with Crippen molar-refractivity contribution >= 4 is 29.2 Å². The number of esters is 1. The highest BCUT2D eigenvalue weighted by Gasteiger charge is 2.25. The molecule has 21 heavy (non-hydrogen) atoms. The molecule has 0 aliphatic carbocycles. The number of rotatable bonds is 5. The van der Waals surface area contributed by atoms with Gasteiger partial charge in [0.1, 0.15) is 0 Å². The van der Waals surface area contributed by atoms with E-state index in [9.17, 15) is 9.59 Å². The molecule has 1 unspecified atom stereocenters. The molecule has 0 saturated carbocycles. The minimum absolute atomic E-state index is 0.129. The second-order valence-corrected chi connectivity index (χ2v) is 5.86. The summed E-state index contributed by atoms with van der Waals surface area (Å²) in [4.78, 5) is 24.0. The molecule has 1 aromatic carbocycles. The molecule has 0 aliphatic rings. The second kappa shape index (κ2) is 6.80. The molecule has 1 atom stereocenters. The van der Waals surface area contributed by atoms with Gasteiger partial charge < -0.3 is 15.8 Å². The minimum atomic E-state index is -0.916. The highest BCUT2D eigenvalue weighted by Crippen LogP contribution is 2.24. The van der Waals surface area contributed by atoms with Gasteiger partial charge >= 0.3 is 5.97 Å². The zero-order chi connectivity index (χ0) is 16.2. The number of carbonyl (C=O) groups excluding carboxylic acids is 2. The first-order valence-electron chi connectivity index (χ1n) is 6.75. The molecule has 0 aliphatic heterocycles. The van der Waals surface area contributed by atoms with Gasteiger partial charge in [-0.15, -0.1) is 0 Å². The highest BCUT2D eigenvalue weighted by atomic mass is 35.5. The summed E-state index contributed by atoms with van der Waals surface area (Å²) in [5.74, 6) is -1.03. The molecule has 1 aromatic rings. The van der Waals surface area contributed by atoms with E-state index in [1.807, 2.05) is 20.8 Å². The van der Waals surface area contributed by atoms with E-state index in [2.05, 4.69) is 5.32 Å². The van der Waals surface area contributed by atoms with Gasteiger partial charge in [-0.3, -0.25) is 4.79 Å². The van der Waals surface area contributed by atoms with Crippen molar-refractivity contribution < 1.29 is 14.3 Å². The molecule has 3 N–H and O–H groups in total. The molecule has 116 valence electrons. The number of nitrogen functional groups attached to an aromatic ring is 1. The van der Waals surface area contributed by atoms with Crippen LogP contribution in [0.2, 0.25) is 5.02 Å². The number of halogens is 1. The lowest BCUT2D eigenvalue weighted by atomic mass is 10.0. The van der Waals surface area contributed by atoms with Crippen LogP contribution in [0, 0.1) is 0 Å². The van der Waals surface area contributed by atoms with Crippen LogP contribution in [0.15, 0.2) is 18.2 Å². The molecule has 0 saturated heterocycles. The predicted octanol–water partition coefficient (Wildman–Crippen LogP) is 2.77. The second-order valence-electron chi connectivity index (χ2n) is 5.48. The average molecular weight is 313 g/mol. The number of anilines is 1. The predicted molar refractivity (Wildman–Crippen MR) is 83.3 cm³/mol. The molecular formula is C15H21ClN2O3. The van der Waals surface area contributed by atoms with Crippen LogP contribution in [0.4, 0.5) is 5.69 Å². The van der Waals surface area contributed by atoms with Crippen molar-refractivity contribution in [3.05, 3.63) is 28.8 Å². The smallest absolute Gasteiger partial charge is 0.340 e. The van der Waals surface area contributed by atoms with Crippen molar-refractivity contribution in [2.75, 3.05) is 5.73 Å². The number of nitrogens with one attached hydrogen (secondary N) is 1. The average Bonchev–Trinajstić information content (AvgIpc) is 2.41.